The summed E-state index contributed by atoms with van der Waals surface area (Å²) >= 11 is 1.73. The molecule has 1 aromatic rings. The number of guanidine groups is 1. The Balaban J connectivity index is 0.00000242. The summed E-state index contributed by atoms with van der Waals surface area (Å²) in [6.45, 7) is 1.67. The molecule has 0 saturated carbocycles. The van der Waals surface area contributed by atoms with Crippen LogP contribution in [0, 0.1) is 0 Å². The van der Waals surface area contributed by atoms with Gasteiger partial charge in [-0.05, 0) is 17.9 Å². The van der Waals surface area contributed by atoms with E-state index in [2.05, 4.69) is 32.4 Å². The minimum atomic E-state index is -0.331. The van der Waals surface area contributed by atoms with Crippen molar-refractivity contribution in [1.82, 2.24) is 20.9 Å². The Kier molecular flexibility index (Phi) is 8.17. The molecule has 3 N–H and O–H groups in total. The lowest BCUT2D eigenvalue weighted by atomic mass is 10.3. The number of carbonyl (C=O) groups is 2. The maximum atomic E-state index is 11.4. The highest BCUT2D eigenvalue weighted by atomic mass is 127. The Bertz CT molecular complexity index is 505. The van der Waals surface area contributed by atoms with Crippen molar-refractivity contribution >= 4 is 53.2 Å². The predicted molar refractivity (Wildman–Crippen MR) is 97.9 cm³/mol. The molecule has 122 valence electrons. The Morgan fingerprint density at radius 2 is 2.18 bits per heavy atom. The lowest BCUT2D eigenvalue weighted by Crippen LogP contribution is -2.43. The maximum absolute atomic E-state index is 11.4. The Morgan fingerprint density at radius 1 is 1.41 bits per heavy atom. The molecule has 1 fully saturated rings. The Labute approximate surface area is 150 Å². The fourth-order valence-electron chi connectivity index (χ4n) is 1.95. The fraction of sp³-hybridized carbons (Fsp3) is 0.462. The minimum absolute atomic E-state index is 0. The van der Waals surface area contributed by atoms with Crippen LogP contribution in [0.1, 0.15) is 4.88 Å². The van der Waals surface area contributed by atoms with E-state index in [4.69, 9.17) is 0 Å². The molecule has 0 aliphatic carbocycles. The van der Waals surface area contributed by atoms with Gasteiger partial charge in [0, 0.05) is 31.6 Å². The van der Waals surface area contributed by atoms with Crippen LogP contribution in [0.25, 0.3) is 0 Å². The number of aliphatic imine (C=N–C) groups is 1. The average molecular weight is 437 g/mol. The molecule has 1 aliphatic rings. The van der Waals surface area contributed by atoms with Crippen LogP contribution in [-0.4, -0.2) is 56.0 Å². The minimum Gasteiger partial charge on any atom is -0.356 e. The maximum Gasteiger partial charge on any atom is 0.324 e. The molecule has 0 atom stereocenters. The Morgan fingerprint density at radius 3 is 2.77 bits per heavy atom. The van der Waals surface area contributed by atoms with Gasteiger partial charge in [0.15, 0.2) is 5.96 Å². The largest absolute Gasteiger partial charge is 0.356 e. The third kappa shape index (κ3) is 5.44. The molecule has 3 amide bonds. The molecule has 1 aliphatic heterocycles. The van der Waals surface area contributed by atoms with Crippen LogP contribution in [0.3, 0.4) is 0 Å². The van der Waals surface area contributed by atoms with E-state index in [9.17, 15) is 9.59 Å². The number of imide groups is 1. The highest BCUT2D eigenvalue weighted by molar-refractivity contribution is 14.0. The van der Waals surface area contributed by atoms with E-state index in [1.54, 1.807) is 18.4 Å². The van der Waals surface area contributed by atoms with E-state index in [0.29, 0.717) is 19.0 Å². The van der Waals surface area contributed by atoms with Gasteiger partial charge >= 0.3 is 6.03 Å². The number of nitrogens with one attached hydrogen (secondary N) is 3. The molecule has 0 unspecified atom stereocenters. The molecule has 9 heteroatoms. The molecule has 7 nitrogen and oxygen atoms in total. The molecule has 2 rings (SSSR count). The van der Waals surface area contributed by atoms with Crippen LogP contribution in [0.2, 0.25) is 0 Å². The van der Waals surface area contributed by atoms with Gasteiger partial charge in [-0.25, -0.2) is 4.79 Å². The Hall–Kier alpha value is -1.36. The third-order valence-electron chi connectivity index (χ3n) is 3.03. The van der Waals surface area contributed by atoms with Crippen LogP contribution < -0.4 is 16.0 Å². The van der Waals surface area contributed by atoms with Gasteiger partial charge in [0.2, 0.25) is 5.91 Å². The first-order chi connectivity index (χ1) is 10.2. The molecule has 0 aromatic carbocycles. The summed E-state index contributed by atoms with van der Waals surface area (Å²) in [7, 11) is 1.69. The molecular weight excluding hydrogens is 417 g/mol. The zero-order valence-electron chi connectivity index (χ0n) is 12.3. The molecule has 0 bridgehead atoms. The van der Waals surface area contributed by atoms with Crippen molar-refractivity contribution < 1.29 is 9.59 Å². The van der Waals surface area contributed by atoms with E-state index in [0.717, 1.165) is 13.0 Å². The average Bonchev–Trinajstić information content (AvgIpc) is 3.10. The van der Waals surface area contributed by atoms with Gasteiger partial charge in [-0.3, -0.25) is 14.7 Å². The summed E-state index contributed by atoms with van der Waals surface area (Å²) in [5.74, 6) is 0.473. The monoisotopic (exact) mass is 437 g/mol. The number of halogens is 1. The van der Waals surface area contributed by atoms with Crippen molar-refractivity contribution in [3.63, 3.8) is 0 Å². The lowest BCUT2D eigenvalue weighted by molar-refractivity contribution is -0.124. The molecule has 2 heterocycles. The quantitative estimate of drug-likeness (QED) is 0.264. The highest BCUT2D eigenvalue weighted by Crippen LogP contribution is 2.07. The molecule has 22 heavy (non-hydrogen) atoms. The lowest BCUT2D eigenvalue weighted by Gasteiger charge is -2.15. The number of rotatable bonds is 6. The summed E-state index contributed by atoms with van der Waals surface area (Å²) in [5, 5.41) is 10.8. The SMILES string of the molecule is CN=C(NCCc1cccs1)NCCN1C(=O)CNC1=O.I. The van der Waals surface area contributed by atoms with Crippen molar-refractivity contribution in [2.75, 3.05) is 33.2 Å². The zero-order valence-corrected chi connectivity index (χ0v) is 15.4. The van der Waals surface area contributed by atoms with Gasteiger partial charge in [-0.1, -0.05) is 6.07 Å². The first kappa shape index (κ1) is 18.7. The third-order valence-corrected chi connectivity index (χ3v) is 3.97. The number of nitrogens with zero attached hydrogens (tertiary/aromatic N) is 2. The van der Waals surface area contributed by atoms with Crippen LogP contribution in [0.15, 0.2) is 22.5 Å². The second-order valence-electron chi connectivity index (χ2n) is 4.46. The smallest absolute Gasteiger partial charge is 0.324 e. The second-order valence-corrected chi connectivity index (χ2v) is 5.49. The normalized spacial score (nSPS) is 14.6. The zero-order chi connectivity index (χ0) is 15.1. The fourth-order valence-corrected chi connectivity index (χ4v) is 2.66. The molecular formula is C13H20IN5O2S. The van der Waals surface area contributed by atoms with Gasteiger partial charge < -0.3 is 16.0 Å². The standard InChI is InChI=1S/C13H19N5O2S.HI/c1-14-12(15-5-4-10-3-2-8-21-10)16-6-7-18-11(19)9-17-13(18)20;/h2-3,8H,4-7,9H2,1H3,(H,17,20)(H2,14,15,16);1H. The highest BCUT2D eigenvalue weighted by Gasteiger charge is 2.27. The summed E-state index contributed by atoms with van der Waals surface area (Å²) in [4.78, 5) is 29.4. The number of urea groups is 1. The first-order valence-corrected chi connectivity index (χ1v) is 7.64. The number of thiophene rings is 1. The van der Waals surface area contributed by atoms with E-state index < -0.39 is 0 Å². The van der Waals surface area contributed by atoms with Crippen LogP contribution in [-0.2, 0) is 11.2 Å². The number of amides is 3. The molecule has 1 aromatic heterocycles. The first-order valence-electron chi connectivity index (χ1n) is 6.76. The van der Waals surface area contributed by atoms with Crippen molar-refractivity contribution in [2.45, 2.75) is 6.42 Å². The van der Waals surface area contributed by atoms with E-state index in [1.807, 2.05) is 6.07 Å². The number of carbonyl (C=O) groups excluding carboxylic acids is 2. The van der Waals surface area contributed by atoms with Crippen molar-refractivity contribution in [1.29, 1.82) is 0 Å². The van der Waals surface area contributed by atoms with Gasteiger partial charge in [0.05, 0.1) is 6.54 Å². The summed E-state index contributed by atoms with van der Waals surface area (Å²) in [5.41, 5.74) is 0. The molecule has 1 saturated heterocycles. The number of hydrogen-bond acceptors (Lipinski definition) is 4. The van der Waals surface area contributed by atoms with Gasteiger partial charge in [-0.2, -0.15) is 0 Å². The summed E-state index contributed by atoms with van der Waals surface area (Å²) in [6.07, 6.45) is 0.936. The van der Waals surface area contributed by atoms with Crippen molar-refractivity contribution in [2.24, 2.45) is 4.99 Å². The van der Waals surface area contributed by atoms with Gasteiger partial charge in [0.25, 0.3) is 0 Å². The van der Waals surface area contributed by atoms with Crippen molar-refractivity contribution in [3.8, 4) is 0 Å². The van der Waals surface area contributed by atoms with Crippen LogP contribution >= 0.6 is 35.3 Å². The second kappa shape index (κ2) is 9.62. The predicted octanol–water partition coefficient (Wildman–Crippen LogP) is 0.625. The topological polar surface area (TPSA) is 85.8 Å². The van der Waals surface area contributed by atoms with Crippen molar-refractivity contribution in [3.05, 3.63) is 22.4 Å². The summed E-state index contributed by atoms with van der Waals surface area (Å²) in [6, 6.07) is 3.80. The van der Waals surface area contributed by atoms with E-state index in [1.165, 1.54) is 9.78 Å². The van der Waals surface area contributed by atoms with Gasteiger partial charge in [-0.15, -0.1) is 35.3 Å². The summed E-state index contributed by atoms with van der Waals surface area (Å²) < 4.78 is 0. The van der Waals surface area contributed by atoms with E-state index in [-0.39, 0.29) is 42.5 Å². The van der Waals surface area contributed by atoms with Gasteiger partial charge in [0.1, 0.15) is 0 Å². The van der Waals surface area contributed by atoms with Crippen LogP contribution in [0.5, 0.6) is 0 Å². The molecule has 0 spiro atoms. The number of hydrogen-bond donors (Lipinski definition) is 3. The molecule has 0 radical (unpaired) electrons. The van der Waals surface area contributed by atoms with Crippen LogP contribution in [0.4, 0.5) is 4.79 Å². The van der Waals surface area contributed by atoms with E-state index >= 15 is 0 Å².